The molecule has 5 nitrogen and oxygen atoms in total. The topological polar surface area (TPSA) is 56.1 Å². The van der Waals surface area contributed by atoms with Gasteiger partial charge in [-0.25, -0.2) is 13.5 Å². The fraction of sp³-hybridized carbons (Fsp3) is 0.167. The highest BCUT2D eigenvalue weighted by molar-refractivity contribution is 6.30. The predicted molar refractivity (Wildman–Crippen MR) is 119 cm³/mol. The average Bonchev–Trinajstić information content (AvgIpc) is 3.19. The Labute approximate surface area is 201 Å². The van der Waals surface area contributed by atoms with Crippen molar-refractivity contribution in [3.05, 3.63) is 89.1 Å². The van der Waals surface area contributed by atoms with Crippen molar-refractivity contribution in [3.8, 4) is 11.4 Å². The molecule has 0 unspecified atom stereocenters. The summed E-state index contributed by atoms with van der Waals surface area (Å²) in [5, 5.41) is 6.76. The minimum absolute atomic E-state index is 0.0129. The smallest absolute Gasteiger partial charge is 0.471 e. The maximum atomic E-state index is 14.0. The summed E-state index contributed by atoms with van der Waals surface area (Å²) in [7, 11) is 0. The van der Waals surface area contributed by atoms with Gasteiger partial charge in [-0.05, 0) is 73.2 Å². The molecule has 0 spiro atoms. The number of carbonyl (C=O) groups excluding carboxylic acids is 1. The molecule has 0 saturated heterocycles. The Balaban J connectivity index is 1.67. The first-order valence-electron chi connectivity index (χ1n) is 10.3. The summed E-state index contributed by atoms with van der Waals surface area (Å²) >= 11 is 5.93. The minimum atomic E-state index is -5.10. The van der Waals surface area contributed by atoms with Crippen LogP contribution in [-0.4, -0.2) is 27.9 Å². The normalized spacial score (nSPS) is 13.5. The second-order valence-corrected chi connectivity index (χ2v) is 8.19. The molecule has 1 N–H and O–H groups in total. The maximum Gasteiger partial charge on any atom is 0.471 e. The van der Waals surface area contributed by atoms with Crippen molar-refractivity contribution in [2.24, 2.45) is 0 Å². The molecule has 0 fully saturated rings. The second-order valence-electron chi connectivity index (χ2n) is 7.75. The van der Waals surface area contributed by atoms with E-state index in [2.05, 4.69) is 5.10 Å². The van der Waals surface area contributed by atoms with Gasteiger partial charge in [0.05, 0.1) is 23.4 Å². The molecule has 2 atom stereocenters. The Morgan fingerprint density at radius 2 is 1.74 bits per heavy atom. The van der Waals surface area contributed by atoms with Gasteiger partial charge in [-0.2, -0.15) is 18.3 Å². The van der Waals surface area contributed by atoms with Crippen LogP contribution in [0.3, 0.4) is 0 Å². The molecular weight excluding hydrogens is 493 g/mol. The van der Waals surface area contributed by atoms with Crippen LogP contribution in [0.15, 0.2) is 66.9 Å². The van der Waals surface area contributed by atoms with E-state index >= 15 is 0 Å². The zero-order valence-electron chi connectivity index (χ0n) is 18.0. The molecule has 1 aromatic heterocycles. The van der Waals surface area contributed by atoms with Crippen molar-refractivity contribution in [2.45, 2.75) is 25.2 Å². The Kier molecular flexibility index (Phi) is 6.66. The number of hydrogen-bond donors (Lipinski definition) is 1. The quantitative estimate of drug-likeness (QED) is 0.317. The molecule has 0 aliphatic carbocycles. The molecule has 3 aromatic carbocycles. The lowest BCUT2D eigenvalue weighted by Gasteiger charge is -2.27. The highest BCUT2D eigenvalue weighted by Gasteiger charge is 2.40. The minimum Gasteiger partial charge on any atom is -0.484 e. The number of carbonyl (C=O) groups is 1. The molecule has 4 rings (SSSR count). The molecule has 0 bridgehead atoms. The fourth-order valence-corrected chi connectivity index (χ4v) is 3.81. The van der Waals surface area contributed by atoms with Crippen molar-refractivity contribution in [1.82, 2.24) is 15.1 Å². The van der Waals surface area contributed by atoms with E-state index in [4.69, 9.17) is 16.3 Å². The van der Waals surface area contributed by atoms with Gasteiger partial charge in [0.15, 0.2) is 0 Å². The number of benzene rings is 3. The van der Waals surface area contributed by atoms with E-state index in [1.807, 2.05) is 5.32 Å². The van der Waals surface area contributed by atoms with Crippen LogP contribution in [0.5, 0.6) is 5.75 Å². The van der Waals surface area contributed by atoms with E-state index in [1.54, 1.807) is 35.0 Å². The van der Waals surface area contributed by atoms with Crippen LogP contribution < -0.4 is 10.1 Å². The summed E-state index contributed by atoms with van der Waals surface area (Å²) < 4.78 is 73.2. The van der Waals surface area contributed by atoms with Gasteiger partial charge in [-0.1, -0.05) is 11.6 Å². The Morgan fingerprint density at radius 3 is 2.40 bits per heavy atom. The Bertz CT molecular complexity index is 1350. The number of alkyl halides is 3. The SMILES string of the molecule is C[C@H](NC(=O)C(F)(F)F)[C@H](Oc1ccc2c(cnn2-c2ccc(F)cc2)c1)c1cc(F)cc(Cl)c1. The highest BCUT2D eigenvalue weighted by Crippen LogP contribution is 2.31. The lowest BCUT2D eigenvalue weighted by Crippen LogP contribution is -2.45. The largest absolute Gasteiger partial charge is 0.484 e. The lowest BCUT2D eigenvalue weighted by atomic mass is 10.0. The number of ether oxygens (including phenoxy) is 1. The number of halogens is 6. The Hall–Kier alpha value is -3.66. The average molecular weight is 510 g/mol. The van der Waals surface area contributed by atoms with Crippen molar-refractivity contribution < 1.29 is 31.5 Å². The number of amides is 1. The van der Waals surface area contributed by atoms with Crippen LogP contribution in [0, 0.1) is 11.6 Å². The molecule has 1 amide bonds. The van der Waals surface area contributed by atoms with Crippen molar-refractivity contribution >= 4 is 28.4 Å². The van der Waals surface area contributed by atoms with Gasteiger partial charge >= 0.3 is 12.1 Å². The molecule has 4 aromatic rings. The van der Waals surface area contributed by atoms with Crippen molar-refractivity contribution in [2.75, 3.05) is 0 Å². The molecule has 0 radical (unpaired) electrons. The first-order valence-corrected chi connectivity index (χ1v) is 10.6. The number of rotatable bonds is 6. The molecule has 0 aliphatic rings. The summed E-state index contributed by atoms with van der Waals surface area (Å²) in [5.74, 6) is -3.03. The van der Waals surface area contributed by atoms with Gasteiger partial charge in [0.25, 0.3) is 0 Å². The first-order chi connectivity index (χ1) is 16.5. The molecule has 11 heteroatoms. The molecule has 182 valence electrons. The zero-order chi connectivity index (χ0) is 25.3. The predicted octanol–water partition coefficient (Wildman–Crippen LogP) is 6.14. The fourth-order valence-electron chi connectivity index (χ4n) is 3.58. The lowest BCUT2D eigenvalue weighted by molar-refractivity contribution is -0.174. The van der Waals surface area contributed by atoms with Crippen LogP contribution in [0.1, 0.15) is 18.6 Å². The first kappa shape index (κ1) is 24.5. The molecular formula is C24H17ClF5N3O2. The number of nitrogens with one attached hydrogen (secondary N) is 1. The highest BCUT2D eigenvalue weighted by atomic mass is 35.5. The standard InChI is InChI=1S/C24H17ClF5N3O2/c1-13(32-23(34)24(28,29)30)22(14-8-16(25)11-18(27)9-14)35-20-6-7-21-15(10-20)12-31-33(21)19-4-2-17(26)3-5-19/h2-13,22H,1H3,(H,32,34)/t13-,22-/m0/s1. The number of nitrogens with zero attached hydrogens (tertiary/aromatic N) is 2. The molecule has 35 heavy (non-hydrogen) atoms. The van der Waals surface area contributed by atoms with E-state index in [0.29, 0.717) is 16.6 Å². The van der Waals surface area contributed by atoms with Crippen LogP contribution >= 0.6 is 11.6 Å². The summed E-state index contributed by atoms with van der Waals surface area (Å²) in [6, 6.07) is 12.8. The van der Waals surface area contributed by atoms with Crippen LogP contribution in [0.25, 0.3) is 16.6 Å². The van der Waals surface area contributed by atoms with Gasteiger partial charge in [0.2, 0.25) is 0 Å². The van der Waals surface area contributed by atoms with Gasteiger partial charge in [0.1, 0.15) is 23.5 Å². The van der Waals surface area contributed by atoms with Gasteiger partial charge in [-0.15, -0.1) is 0 Å². The van der Waals surface area contributed by atoms with E-state index in [1.165, 1.54) is 31.3 Å². The summed E-state index contributed by atoms with van der Waals surface area (Å²) in [6.45, 7) is 1.30. The molecule has 0 aliphatic heterocycles. The van der Waals surface area contributed by atoms with Crippen LogP contribution in [0.4, 0.5) is 22.0 Å². The number of fused-ring (bicyclic) bond motifs is 1. The van der Waals surface area contributed by atoms with Crippen LogP contribution in [0.2, 0.25) is 5.02 Å². The van der Waals surface area contributed by atoms with E-state index in [0.717, 1.165) is 12.1 Å². The molecule has 0 saturated carbocycles. The van der Waals surface area contributed by atoms with Crippen molar-refractivity contribution in [3.63, 3.8) is 0 Å². The third-order valence-corrected chi connectivity index (χ3v) is 5.38. The molecule has 1 heterocycles. The van der Waals surface area contributed by atoms with E-state index < -0.39 is 35.9 Å². The Morgan fingerprint density at radius 1 is 1.03 bits per heavy atom. The monoisotopic (exact) mass is 509 g/mol. The van der Waals surface area contributed by atoms with Crippen molar-refractivity contribution in [1.29, 1.82) is 0 Å². The van der Waals surface area contributed by atoms with Gasteiger partial charge in [0, 0.05) is 10.4 Å². The summed E-state index contributed by atoms with van der Waals surface area (Å²) in [4.78, 5) is 11.5. The number of aromatic nitrogens is 2. The summed E-state index contributed by atoms with van der Waals surface area (Å²) in [6.07, 6.45) is -4.78. The third-order valence-electron chi connectivity index (χ3n) is 5.16. The van der Waals surface area contributed by atoms with Gasteiger partial charge < -0.3 is 10.1 Å². The second kappa shape index (κ2) is 9.53. The number of hydrogen-bond acceptors (Lipinski definition) is 3. The van der Waals surface area contributed by atoms with Crippen LogP contribution in [-0.2, 0) is 4.79 Å². The summed E-state index contributed by atoms with van der Waals surface area (Å²) in [5.41, 5.74) is 1.41. The van der Waals surface area contributed by atoms with Gasteiger partial charge in [-0.3, -0.25) is 4.79 Å². The maximum absolute atomic E-state index is 14.0. The third kappa shape index (κ3) is 5.54. The zero-order valence-corrected chi connectivity index (χ0v) is 18.7. The van der Waals surface area contributed by atoms with E-state index in [9.17, 15) is 26.7 Å². The van der Waals surface area contributed by atoms with E-state index in [-0.39, 0.29) is 16.3 Å².